The fourth-order valence-electron chi connectivity index (χ4n) is 2.49. The molecule has 102 valence electrons. The summed E-state index contributed by atoms with van der Waals surface area (Å²) in [4.78, 5) is 0. The molecular formula is C12H18BrNO2S2. The topological polar surface area (TPSA) is 46.2 Å². The Morgan fingerprint density at radius 3 is 2.83 bits per heavy atom. The van der Waals surface area contributed by atoms with Crippen LogP contribution in [-0.2, 0) is 10.0 Å². The van der Waals surface area contributed by atoms with Crippen LogP contribution in [0.1, 0.15) is 39.0 Å². The zero-order chi connectivity index (χ0) is 13.2. The molecule has 0 bridgehead atoms. The van der Waals surface area contributed by atoms with Crippen LogP contribution in [0.4, 0.5) is 0 Å². The third-order valence-corrected chi connectivity index (χ3v) is 7.13. The highest BCUT2D eigenvalue weighted by molar-refractivity contribution is 9.11. The average molecular weight is 352 g/mol. The third kappa shape index (κ3) is 3.56. The molecule has 0 radical (unpaired) electrons. The van der Waals surface area contributed by atoms with Crippen molar-refractivity contribution in [3.63, 3.8) is 0 Å². The Morgan fingerprint density at radius 2 is 2.22 bits per heavy atom. The highest BCUT2D eigenvalue weighted by atomic mass is 79.9. The van der Waals surface area contributed by atoms with Gasteiger partial charge in [-0.2, -0.15) is 0 Å². The van der Waals surface area contributed by atoms with E-state index in [-0.39, 0.29) is 6.04 Å². The van der Waals surface area contributed by atoms with E-state index < -0.39 is 10.0 Å². The van der Waals surface area contributed by atoms with Crippen molar-refractivity contribution in [3.8, 4) is 0 Å². The summed E-state index contributed by atoms with van der Waals surface area (Å²) in [7, 11) is -3.33. The largest absolute Gasteiger partial charge is 0.250 e. The van der Waals surface area contributed by atoms with E-state index in [9.17, 15) is 8.42 Å². The van der Waals surface area contributed by atoms with Crippen LogP contribution in [0.3, 0.4) is 0 Å². The lowest BCUT2D eigenvalue weighted by molar-refractivity contribution is 0.301. The molecule has 2 atom stereocenters. The number of hydrogen-bond donors (Lipinski definition) is 1. The van der Waals surface area contributed by atoms with Crippen LogP contribution in [0, 0.1) is 5.92 Å². The summed E-state index contributed by atoms with van der Waals surface area (Å²) in [6.07, 6.45) is 5.44. The first kappa shape index (κ1) is 14.5. The van der Waals surface area contributed by atoms with Crippen molar-refractivity contribution in [2.75, 3.05) is 0 Å². The molecule has 3 nitrogen and oxygen atoms in total. The minimum atomic E-state index is -3.33. The second-order valence-electron chi connectivity index (χ2n) is 4.82. The maximum absolute atomic E-state index is 12.2. The molecule has 0 aliphatic heterocycles. The average Bonchev–Trinajstić information content (AvgIpc) is 2.76. The Hall–Kier alpha value is 0.0900. The number of thiophene rings is 1. The Balaban J connectivity index is 2.04. The van der Waals surface area contributed by atoms with Crippen LogP contribution in [0.5, 0.6) is 0 Å². The highest BCUT2D eigenvalue weighted by Gasteiger charge is 2.26. The van der Waals surface area contributed by atoms with Crippen molar-refractivity contribution in [3.05, 3.63) is 15.9 Å². The van der Waals surface area contributed by atoms with Crippen molar-refractivity contribution in [1.82, 2.24) is 4.72 Å². The molecule has 0 aromatic carbocycles. The minimum Gasteiger partial charge on any atom is -0.207 e. The van der Waals surface area contributed by atoms with Crippen molar-refractivity contribution in [2.24, 2.45) is 5.92 Å². The van der Waals surface area contributed by atoms with Crippen molar-refractivity contribution < 1.29 is 8.42 Å². The summed E-state index contributed by atoms with van der Waals surface area (Å²) >= 11 is 4.55. The molecule has 2 unspecified atom stereocenters. The molecule has 6 heteroatoms. The summed E-state index contributed by atoms with van der Waals surface area (Å²) in [6, 6.07) is 3.53. The fraction of sp³-hybridized carbons (Fsp3) is 0.667. The summed E-state index contributed by atoms with van der Waals surface area (Å²) in [6.45, 7) is 2.18. The molecule has 1 N–H and O–H groups in total. The van der Waals surface area contributed by atoms with Crippen molar-refractivity contribution in [1.29, 1.82) is 0 Å². The van der Waals surface area contributed by atoms with Crippen LogP contribution in [-0.4, -0.2) is 14.5 Å². The Bertz CT molecular complexity index is 498. The van der Waals surface area contributed by atoms with Gasteiger partial charge in [-0.05, 0) is 46.8 Å². The lowest BCUT2D eigenvalue weighted by Crippen LogP contribution is -2.37. The van der Waals surface area contributed by atoms with Gasteiger partial charge in [0.05, 0.1) is 3.79 Å². The number of rotatable bonds is 4. The molecule has 1 aliphatic carbocycles. The van der Waals surface area contributed by atoms with Crippen molar-refractivity contribution in [2.45, 2.75) is 49.3 Å². The number of halogens is 1. The molecule has 0 saturated heterocycles. The molecule has 1 aromatic rings. The van der Waals surface area contributed by atoms with Gasteiger partial charge in [-0.3, -0.25) is 0 Å². The van der Waals surface area contributed by atoms with E-state index in [2.05, 4.69) is 27.6 Å². The zero-order valence-electron chi connectivity index (χ0n) is 10.4. The summed E-state index contributed by atoms with van der Waals surface area (Å²) in [5, 5.41) is 0. The summed E-state index contributed by atoms with van der Waals surface area (Å²) in [5.74, 6) is 0.668. The van der Waals surface area contributed by atoms with Crippen LogP contribution in [0.25, 0.3) is 0 Å². The molecule has 1 fully saturated rings. The van der Waals surface area contributed by atoms with Gasteiger partial charge < -0.3 is 0 Å². The second kappa shape index (κ2) is 6.03. The van der Waals surface area contributed by atoms with Gasteiger partial charge in [0, 0.05) is 6.04 Å². The van der Waals surface area contributed by atoms with E-state index in [1.54, 1.807) is 12.1 Å². The minimum absolute atomic E-state index is 0.106. The molecule has 2 rings (SSSR count). The monoisotopic (exact) mass is 351 g/mol. The fourth-order valence-corrected chi connectivity index (χ4v) is 5.80. The van der Waals surface area contributed by atoms with E-state index in [1.807, 2.05) is 0 Å². The van der Waals surface area contributed by atoms with E-state index in [0.29, 0.717) is 10.1 Å². The van der Waals surface area contributed by atoms with Gasteiger partial charge in [0.2, 0.25) is 10.0 Å². The highest BCUT2D eigenvalue weighted by Crippen LogP contribution is 2.29. The molecular weight excluding hydrogens is 334 g/mol. The first-order chi connectivity index (χ1) is 8.51. The molecule has 1 aliphatic rings. The Kier molecular flexibility index (Phi) is 4.86. The van der Waals surface area contributed by atoms with Gasteiger partial charge in [-0.1, -0.05) is 26.2 Å². The smallest absolute Gasteiger partial charge is 0.207 e. The van der Waals surface area contributed by atoms with Crippen LogP contribution >= 0.6 is 27.3 Å². The quantitative estimate of drug-likeness (QED) is 0.897. The normalized spacial score (nSPS) is 25.2. The predicted octanol–water partition coefficient (Wildman–Crippen LogP) is 3.76. The standard InChI is InChI=1S/C12H18BrNO2S2/c1-2-9-4-3-5-10(8-9)14-18(15,16)12-7-6-11(13)17-12/h6-7,9-10,14H,2-5,8H2,1H3. The van der Waals surface area contributed by atoms with Crippen LogP contribution in [0.15, 0.2) is 20.1 Å². The van der Waals surface area contributed by atoms with Gasteiger partial charge in [0.1, 0.15) is 4.21 Å². The van der Waals surface area contributed by atoms with E-state index >= 15 is 0 Å². The van der Waals surface area contributed by atoms with Crippen LogP contribution < -0.4 is 4.72 Å². The SMILES string of the molecule is CCC1CCCC(NS(=O)(=O)c2ccc(Br)s2)C1. The van der Waals surface area contributed by atoms with Gasteiger partial charge in [-0.25, -0.2) is 13.1 Å². The van der Waals surface area contributed by atoms with Gasteiger partial charge in [-0.15, -0.1) is 11.3 Å². The number of sulfonamides is 1. The van der Waals surface area contributed by atoms with Gasteiger partial charge in [0.25, 0.3) is 0 Å². The second-order valence-corrected chi connectivity index (χ2v) is 9.22. The Labute approximate surface area is 121 Å². The van der Waals surface area contributed by atoms with Crippen LogP contribution in [0.2, 0.25) is 0 Å². The molecule has 1 saturated carbocycles. The molecule has 0 amide bonds. The third-order valence-electron chi connectivity index (χ3n) is 3.50. The zero-order valence-corrected chi connectivity index (χ0v) is 13.6. The summed E-state index contributed by atoms with van der Waals surface area (Å²) in [5.41, 5.74) is 0. The number of hydrogen-bond acceptors (Lipinski definition) is 3. The molecule has 1 aromatic heterocycles. The van der Waals surface area contributed by atoms with Gasteiger partial charge >= 0.3 is 0 Å². The predicted molar refractivity (Wildman–Crippen MR) is 78.4 cm³/mol. The summed E-state index contributed by atoms with van der Waals surface area (Å²) < 4.78 is 28.5. The molecule has 0 spiro atoms. The Morgan fingerprint density at radius 1 is 1.44 bits per heavy atom. The van der Waals surface area contributed by atoms with Crippen molar-refractivity contribution >= 4 is 37.3 Å². The lowest BCUT2D eigenvalue weighted by atomic mass is 9.85. The molecule has 18 heavy (non-hydrogen) atoms. The first-order valence-electron chi connectivity index (χ1n) is 6.29. The molecule has 1 heterocycles. The van der Waals surface area contributed by atoms with E-state index in [4.69, 9.17) is 0 Å². The van der Waals surface area contributed by atoms with E-state index in [0.717, 1.165) is 29.5 Å². The maximum Gasteiger partial charge on any atom is 0.250 e. The first-order valence-corrected chi connectivity index (χ1v) is 9.38. The van der Waals surface area contributed by atoms with Gasteiger partial charge in [0.15, 0.2) is 0 Å². The maximum atomic E-state index is 12.2. The lowest BCUT2D eigenvalue weighted by Gasteiger charge is -2.28. The van der Waals surface area contributed by atoms with E-state index in [1.165, 1.54) is 17.8 Å². The number of nitrogens with one attached hydrogen (secondary N) is 1.